The number of Topliss-reactive ketones (excluding diaryl/α,β-unsaturated/α-hetero) is 1. The molecule has 2 unspecified atom stereocenters. The quantitative estimate of drug-likeness (QED) is 0.755. The van der Waals surface area contributed by atoms with Gasteiger partial charge in [0.1, 0.15) is 0 Å². The third-order valence-electron chi connectivity index (χ3n) is 5.85. The second kappa shape index (κ2) is 4.52. The highest BCUT2D eigenvalue weighted by atomic mass is 16.1. The number of nitrogens with zero attached hydrogens (tertiary/aromatic N) is 1. The minimum atomic E-state index is 0.105. The summed E-state index contributed by atoms with van der Waals surface area (Å²) in [6.07, 6.45) is 2.31. The Bertz CT molecular complexity index is 761. The van der Waals surface area contributed by atoms with Gasteiger partial charge < -0.3 is 0 Å². The second-order valence-corrected chi connectivity index (χ2v) is 7.35. The molecule has 2 heteroatoms. The SMILES string of the molecule is CC(=O)c1cc2c(nc1-c1ccccc1)CC1CC2C1(C)C. The van der Waals surface area contributed by atoms with E-state index in [1.54, 1.807) is 6.92 Å². The van der Waals surface area contributed by atoms with Crippen molar-refractivity contribution in [1.29, 1.82) is 0 Å². The first-order valence-electron chi connectivity index (χ1n) is 8.08. The summed E-state index contributed by atoms with van der Waals surface area (Å²) < 4.78 is 0. The van der Waals surface area contributed by atoms with Gasteiger partial charge in [-0.3, -0.25) is 9.78 Å². The van der Waals surface area contributed by atoms with Crippen molar-refractivity contribution in [2.75, 3.05) is 0 Å². The summed E-state index contributed by atoms with van der Waals surface area (Å²) in [5, 5.41) is 0. The molecule has 0 N–H and O–H groups in total. The molecule has 0 radical (unpaired) electrons. The summed E-state index contributed by atoms with van der Waals surface area (Å²) in [4.78, 5) is 17.1. The fourth-order valence-electron chi connectivity index (χ4n) is 4.24. The van der Waals surface area contributed by atoms with Crippen molar-refractivity contribution >= 4 is 5.78 Å². The van der Waals surface area contributed by atoms with Crippen molar-refractivity contribution in [2.45, 2.75) is 39.5 Å². The molecule has 2 atom stereocenters. The number of hydrogen-bond donors (Lipinski definition) is 0. The largest absolute Gasteiger partial charge is 0.294 e. The van der Waals surface area contributed by atoms with Crippen LogP contribution in [-0.4, -0.2) is 10.8 Å². The zero-order valence-corrected chi connectivity index (χ0v) is 13.4. The maximum Gasteiger partial charge on any atom is 0.162 e. The fraction of sp³-hybridized carbons (Fsp3) is 0.400. The molecule has 1 aromatic carbocycles. The maximum absolute atomic E-state index is 12.2. The topological polar surface area (TPSA) is 30.0 Å². The third-order valence-corrected chi connectivity index (χ3v) is 5.85. The number of benzene rings is 1. The number of carbonyl (C=O) groups excluding carboxylic acids is 1. The van der Waals surface area contributed by atoms with Gasteiger partial charge in [0, 0.05) is 16.8 Å². The first-order valence-corrected chi connectivity index (χ1v) is 8.08. The van der Waals surface area contributed by atoms with Gasteiger partial charge in [-0.1, -0.05) is 44.2 Å². The molecule has 0 saturated heterocycles. The highest BCUT2D eigenvalue weighted by Gasteiger charge is 2.53. The van der Waals surface area contributed by atoms with Crippen LogP contribution in [0.1, 0.15) is 54.7 Å². The Labute approximate surface area is 131 Å². The molecule has 3 aliphatic rings. The van der Waals surface area contributed by atoms with Gasteiger partial charge in [-0.15, -0.1) is 0 Å². The smallest absolute Gasteiger partial charge is 0.162 e. The Kier molecular flexibility index (Phi) is 2.81. The van der Waals surface area contributed by atoms with Gasteiger partial charge in [-0.2, -0.15) is 0 Å². The van der Waals surface area contributed by atoms with Gasteiger partial charge in [0.2, 0.25) is 0 Å². The van der Waals surface area contributed by atoms with Crippen molar-refractivity contribution in [3.8, 4) is 11.3 Å². The standard InChI is InChI=1S/C20H21NO/c1-12(22)15-11-16-17-9-14(20(17,2)3)10-18(16)21-19(15)13-7-5-4-6-8-13/h4-8,11,14,17H,9-10H2,1-3H3. The van der Waals surface area contributed by atoms with Gasteiger partial charge >= 0.3 is 0 Å². The number of carbonyl (C=O) groups is 1. The van der Waals surface area contributed by atoms with Crippen LogP contribution >= 0.6 is 0 Å². The normalized spacial score (nSPS) is 24.3. The second-order valence-electron chi connectivity index (χ2n) is 7.35. The van der Waals surface area contributed by atoms with E-state index in [0.717, 1.165) is 29.2 Å². The molecule has 0 amide bonds. The number of aromatic nitrogens is 1. The van der Waals surface area contributed by atoms with Crippen LogP contribution in [0.5, 0.6) is 0 Å². The lowest BCUT2D eigenvalue weighted by Crippen LogP contribution is -2.48. The Balaban J connectivity index is 1.90. The van der Waals surface area contributed by atoms with Crippen molar-refractivity contribution in [3.05, 3.63) is 53.2 Å². The van der Waals surface area contributed by atoms with Gasteiger partial charge in [0.25, 0.3) is 0 Å². The molecule has 2 nitrogen and oxygen atoms in total. The third kappa shape index (κ3) is 1.79. The van der Waals surface area contributed by atoms with E-state index in [1.165, 1.54) is 17.7 Å². The molecule has 1 fully saturated rings. The Morgan fingerprint density at radius 2 is 1.95 bits per heavy atom. The minimum absolute atomic E-state index is 0.105. The molecule has 2 bridgehead atoms. The first-order chi connectivity index (χ1) is 10.5. The zero-order chi connectivity index (χ0) is 15.5. The van der Waals surface area contributed by atoms with E-state index in [4.69, 9.17) is 4.98 Å². The summed E-state index contributed by atoms with van der Waals surface area (Å²) in [5.74, 6) is 1.41. The molecule has 1 aromatic heterocycles. The molecule has 1 heterocycles. The molecular formula is C20H21NO. The van der Waals surface area contributed by atoms with E-state index >= 15 is 0 Å². The Hall–Kier alpha value is -1.96. The first kappa shape index (κ1) is 13.7. The highest BCUT2D eigenvalue weighted by molar-refractivity contribution is 6.00. The molecule has 22 heavy (non-hydrogen) atoms. The summed E-state index contributed by atoms with van der Waals surface area (Å²) >= 11 is 0. The summed E-state index contributed by atoms with van der Waals surface area (Å²) in [6, 6.07) is 12.2. The average molecular weight is 291 g/mol. The molecular weight excluding hydrogens is 270 g/mol. The van der Waals surface area contributed by atoms with E-state index in [1.807, 2.05) is 30.3 Å². The van der Waals surface area contributed by atoms with Crippen molar-refractivity contribution < 1.29 is 4.79 Å². The predicted octanol–water partition coefficient (Wildman–Crippen LogP) is 4.64. The van der Waals surface area contributed by atoms with Crippen LogP contribution in [0.2, 0.25) is 0 Å². The number of rotatable bonds is 2. The van der Waals surface area contributed by atoms with Crippen LogP contribution < -0.4 is 0 Å². The molecule has 3 aliphatic carbocycles. The van der Waals surface area contributed by atoms with Crippen molar-refractivity contribution in [2.24, 2.45) is 11.3 Å². The van der Waals surface area contributed by atoms with Crippen molar-refractivity contribution in [1.82, 2.24) is 4.98 Å². The minimum Gasteiger partial charge on any atom is -0.294 e. The van der Waals surface area contributed by atoms with Crippen LogP contribution in [0.4, 0.5) is 0 Å². The predicted molar refractivity (Wildman–Crippen MR) is 88.0 cm³/mol. The van der Waals surface area contributed by atoms with Crippen LogP contribution in [0, 0.1) is 11.3 Å². The zero-order valence-electron chi connectivity index (χ0n) is 13.4. The summed E-state index contributed by atoms with van der Waals surface area (Å²) in [7, 11) is 0. The van der Waals surface area contributed by atoms with Crippen LogP contribution in [0.3, 0.4) is 0 Å². The number of hydrogen-bond acceptors (Lipinski definition) is 2. The van der Waals surface area contributed by atoms with Crippen LogP contribution in [0.25, 0.3) is 11.3 Å². The number of ketones is 1. The molecule has 2 aromatic rings. The molecule has 0 aliphatic heterocycles. The van der Waals surface area contributed by atoms with Crippen LogP contribution in [-0.2, 0) is 6.42 Å². The lowest BCUT2D eigenvalue weighted by molar-refractivity contribution is 0.0169. The lowest BCUT2D eigenvalue weighted by Gasteiger charge is -2.56. The molecule has 112 valence electrons. The maximum atomic E-state index is 12.2. The van der Waals surface area contributed by atoms with E-state index in [9.17, 15) is 4.79 Å². The molecule has 0 spiro atoms. The molecule has 5 rings (SSSR count). The van der Waals surface area contributed by atoms with Gasteiger partial charge in [-0.05, 0) is 48.6 Å². The molecule has 1 saturated carbocycles. The fourth-order valence-corrected chi connectivity index (χ4v) is 4.24. The number of pyridine rings is 1. The van der Waals surface area contributed by atoms with Crippen LogP contribution in [0.15, 0.2) is 36.4 Å². The van der Waals surface area contributed by atoms with Crippen molar-refractivity contribution in [3.63, 3.8) is 0 Å². The van der Waals surface area contributed by atoms with E-state index in [-0.39, 0.29) is 5.78 Å². The van der Waals surface area contributed by atoms with Gasteiger partial charge in [-0.25, -0.2) is 0 Å². The Morgan fingerprint density at radius 1 is 1.23 bits per heavy atom. The Morgan fingerprint density at radius 3 is 2.59 bits per heavy atom. The van der Waals surface area contributed by atoms with E-state index in [2.05, 4.69) is 19.9 Å². The van der Waals surface area contributed by atoms with Gasteiger partial charge in [0.15, 0.2) is 5.78 Å². The monoisotopic (exact) mass is 291 g/mol. The van der Waals surface area contributed by atoms with E-state index in [0.29, 0.717) is 11.3 Å². The summed E-state index contributed by atoms with van der Waals surface area (Å²) in [5.41, 5.74) is 5.55. The average Bonchev–Trinajstić information content (AvgIpc) is 2.53. The lowest BCUT2D eigenvalue weighted by atomic mass is 9.48. The van der Waals surface area contributed by atoms with Gasteiger partial charge in [0.05, 0.1) is 5.69 Å². The summed E-state index contributed by atoms with van der Waals surface area (Å²) in [6.45, 7) is 6.36. The van der Waals surface area contributed by atoms with E-state index < -0.39 is 0 Å². The highest BCUT2D eigenvalue weighted by Crippen LogP contribution is 2.62.